The van der Waals surface area contributed by atoms with E-state index in [1.165, 1.54) is 24.3 Å². The van der Waals surface area contributed by atoms with Gasteiger partial charge in [-0.2, -0.15) is 0 Å². The number of hydrogen-bond acceptors (Lipinski definition) is 6. The van der Waals surface area contributed by atoms with Gasteiger partial charge in [0, 0.05) is 12.0 Å². The van der Waals surface area contributed by atoms with Gasteiger partial charge in [0.15, 0.2) is 9.84 Å². The summed E-state index contributed by atoms with van der Waals surface area (Å²) in [6.07, 6.45) is 0.139. The van der Waals surface area contributed by atoms with E-state index >= 15 is 0 Å². The zero-order valence-electron chi connectivity index (χ0n) is 15.1. The van der Waals surface area contributed by atoms with Gasteiger partial charge in [-0.1, -0.05) is 22.8 Å². The molecule has 0 spiro atoms. The molecule has 3 rings (SSSR count). The number of carbonyl (C=O) groups excluding carboxylic acids is 1. The summed E-state index contributed by atoms with van der Waals surface area (Å²) in [4.78, 5) is 12.2. The predicted octanol–water partition coefficient (Wildman–Crippen LogP) is 3.38. The number of nitrogens with one attached hydrogen (secondary N) is 1. The number of hydrogen-bond donors (Lipinski definition) is 1. The van der Waals surface area contributed by atoms with Crippen molar-refractivity contribution in [3.8, 4) is 11.5 Å². The Balaban J connectivity index is 1.52. The van der Waals surface area contributed by atoms with Crippen molar-refractivity contribution in [2.75, 3.05) is 11.1 Å². The first kappa shape index (κ1) is 19.7. The molecule has 3 aromatic rings. The molecule has 1 amide bonds. The van der Waals surface area contributed by atoms with Crippen LogP contribution in [-0.2, 0) is 14.6 Å². The van der Waals surface area contributed by atoms with Crippen molar-refractivity contribution in [3.05, 3.63) is 59.9 Å². The molecule has 28 heavy (non-hydrogen) atoms. The molecule has 1 aromatic heterocycles. The Kier molecular flexibility index (Phi) is 5.84. The molecule has 2 aromatic carbocycles. The lowest BCUT2D eigenvalue weighted by Gasteiger charge is -2.05. The minimum absolute atomic E-state index is 0.0145. The molecule has 0 aliphatic carbocycles. The second kappa shape index (κ2) is 8.30. The summed E-state index contributed by atoms with van der Waals surface area (Å²) < 4.78 is 42.8. The topological polar surface area (TPSA) is 102 Å². The zero-order chi connectivity index (χ0) is 20.1. The molecule has 146 valence electrons. The first-order valence-corrected chi connectivity index (χ1v) is 10.2. The summed E-state index contributed by atoms with van der Waals surface area (Å²) in [5.41, 5.74) is 1.48. The van der Waals surface area contributed by atoms with E-state index in [2.05, 4.69) is 15.5 Å². The summed E-state index contributed by atoms with van der Waals surface area (Å²) in [6, 6.07) is 11.9. The molecule has 0 unspecified atom stereocenters. The highest BCUT2D eigenvalue weighted by Crippen LogP contribution is 2.20. The van der Waals surface area contributed by atoms with Crippen molar-refractivity contribution in [1.82, 2.24) is 10.2 Å². The Morgan fingerprint density at radius 3 is 2.43 bits per heavy atom. The van der Waals surface area contributed by atoms with Gasteiger partial charge in [-0.05, 0) is 49.7 Å². The van der Waals surface area contributed by atoms with Gasteiger partial charge in [-0.3, -0.25) is 10.1 Å². The van der Waals surface area contributed by atoms with Crippen LogP contribution in [0.15, 0.2) is 57.8 Å². The zero-order valence-corrected chi connectivity index (χ0v) is 15.9. The molecule has 0 saturated carbocycles. The number of aromatic nitrogens is 2. The number of sulfone groups is 1. The average molecular weight is 403 g/mol. The lowest BCUT2D eigenvalue weighted by atomic mass is 10.2. The third-order valence-electron chi connectivity index (χ3n) is 3.96. The van der Waals surface area contributed by atoms with Gasteiger partial charge in [-0.25, -0.2) is 12.8 Å². The van der Waals surface area contributed by atoms with Crippen LogP contribution in [0.3, 0.4) is 0 Å². The maximum absolute atomic E-state index is 12.9. The van der Waals surface area contributed by atoms with Gasteiger partial charge in [0.25, 0.3) is 0 Å². The average Bonchev–Trinajstić information content (AvgIpc) is 3.11. The van der Waals surface area contributed by atoms with Gasteiger partial charge < -0.3 is 4.42 Å². The Hall–Kier alpha value is -3.07. The minimum atomic E-state index is -3.44. The van der Waals surface area contributed by atoms with Crippen LogP contribution in [0.5, 0.6) is 0 Å². The largest absolute Gasteiger partial charge is 0.403 e. The summed E-state index contributed by atoms with van der Waals surface area (Å²) in [7, 11) is -3.44. The van der Waals surface area contributed by atoms with Crippen molar-refractivity contribution in [2.45, 2.75) is 24.7 Å². The monoisotopic (exact) mass is 403 g/mol. The number of halogens is 1. The van der Waals surface area contributed by atoms with E-state index in [0.717, 1.165) is 5.56 Å². The molecular weight excluding hydrogens is 385 g/mol. The molecule has 1 N–H and O–H groups in total. The molecule has 0 saturated heterocycles. The Bertz CT molecular complexity index is 1060. The van der Waals surface area contributed by atoms with Crippen LogP contribution in [0.1, 0.15) is 18.4 Å². The highest BCUT2D eigenvalue weighted by molar-refractivity contribution is 7.91. The van der Waals surface area contributed by atoms with Crippen LogP contribution in [0.2, 0.25) is 0 Å². The number of aryl methyl sites for hydroxylation is 1. The molecule has 0 atom stereocenters. The molecule has 1 heterocycles. The standard InChI is InChI=1S/C19H18FN3O4S/c1-13-4-10-16(11-5-13)28(25,26)12-2-3-17(24)21-19-23-22-18(27-19)14-6-8-15(20)9-7-14/h4-11H,2-3,12H2,1H3,(H,21,23,24). The van der Waals surface area contributed by atoms with Crippen molar-refractivity contribution < 1.29 is 22.0 Å². The fourth-order valence-electron chi connectivity index (χ4n) is 2.45. The molecule has 0 radical (unpaired) electrons. The molecule has 7 nitrogen and oxygen atoms in total. The fourth-order valence-corrected chi connectivity index (χ4v) is 3.76. The van der Waals surface area contributed by atoms with Crippen molar-refractivity contribution >= 4 is 21.8 Å². The molecular formula is C19H18FN3O4S. The first-order chi connectivity index (χ1) is 13.3. The summed E-state index contributed by atoms with van der Waals surface area (Å²) >= 11 is 0. The van der Waals surface area contributed by atoms with Crippen LogP contribution >= 0.6 is 0 Å². The Labute approximate surface area is 161 Å². The summed E-state index contributed by atoms with van der Waals surface area (Å²) in [6.45, 7) is 1.87. The number of anilines is 1. The van der Waals surface area contributed by atoms with Gasteiger partial charge >= 0.3 is 6.01 Å². The van der Waals surface area contributed by atoms with Gasteiger partial charge in [0.05, 0.1) is 10.6 Å². The Morgan fingerprint density at radius 1 is 1.07 bits per heavy atom. The molecule has 0 aliphatic rings. The lowest BCUT2D eigenvalue weighted by molar-refractivity contribution is -0.116. The molecule has 0 aliphatic heterocycles. The fraction of sp³-hybridized carbons (Fsp3) is 0.211. The van der Waals surface area contributed by atoms with Crippen molar-refractivity contribution in [1.29, 1.82) is 0 Å². The van der Waals surface area contributed by atoms with Gasteiger partial charge in [0.1, 0.15) is 5.82 Å². The van der Waals surface area contributed by atoms with E-state index in [4.69, 9.17) is 4.42 Å². The van der Waals surface area contributed by atoms with Crippen LogP contribution in [0.4, 0.5) is 10.4 Å². The van der Waals surface area contributed by atoms with E-state index in [-0.39, 0.29) is 35.4 Å². The predicted molar refractivity (Wildman–Crippen MR) is 101 cm³/mol. The van der Waals surface area contributed by atoms with E-state index in [1.54, 1.807) is 24.3 Å². The molecule has 9 heteroatoms. The highest BCUT2D eigenvalue weighted by Gasteiger charge is 2.16. The van der Waals surface area contributed by atoms with E-state index < -0.39 is 21.6 Å². The number of amides is 1. The van der Waals surface area contributed by atoms with Crippen LogP contribution in [0, 0.1) is 12.7 Å². The maximum atomic E-state index is 12.9. The number of benzene rings is 2. The first-order valence-electron chi connectivity index (χ1n) is 8.52. The number of nitrogens with zero attached hydrogens (tertiary/aromatic N) is 2. The highest BCUT2D eigenvalue weighted by atomic mass is 32.2. The number of rotatable bonds is 7. The second-order valence-corrected chi connectivity index (χ2v) is 8.31. The van der Waals surface area contributed by atoms with E-state index in [0.29, 0.717) is 5.56 Å². The third kappa shape index (κ3) is 5.01. The molecule has 0 fully saturated rings. The van der Waals surface area contributed by atoms with E-state index in [9.17, 15) is 17.6 Å². The van der Waals surface area contributed by atoms with E-state index in [1.807, 2.05) is 6.92 Å². The summed E-state index contributed by atoms with van der Waals surface area (Å²) in [5, 5.41) is 9.92. The van der Waals surface area contributed by atoms with Crippen molar-refractivity contribution in [3.63, 3.8) is 0 Å². The normalized spacial score (nSPS) is 11.4. The SMILES string of the molecule is Cc1ccc(S(=O)(=O)CCCC(=O)Nc2nnc(-c3ccc(F)cc3)o2)cc1. The van der Waals surface area contributed by atoms with Crippen molar-refractivity contribution in [2.24, 2.45) is 0 Å². The Morgan fingerprint density at radius 2 is 1.75 bits per heavy atom. The lowest BCUT2D eigenvalue weighted by Crippen LogP contribution is -2.14. The third-order valence-corrected chi connectivity index (χ3v) is 5.78. The quantitative estimate of drug-likeness (QED) is 0.649. The van der Waals surface area contributed by atoms with Crippen LogP contribution < -0.4 is 5.32 Å². The van der Waals surface area contributed by atoms with Gasteiger partial charge in [-0.15, -0.1) is 5.10 Å². The molecule has 0 bridgehead atoms. The smallest absolute Gasteiger partial charge is 0.322 e. The van der Waals surface area contributed by atoms with Crippen LogP contribution in [0.25, 0.3) is 11.5 Å². The van der Waals surface area contributed by atoms with Crippen LogP contribution in [-0.4, -0.2) is 30.3 Å². The second-order valence-electron chi connectivity index (χ2n) is 6.20. The summed E-state index contributed by atoms with van der Waals surface area (Å²) in [5.74, 6) is -0.836. The van der Waals surface area contributed by atoms with Gasteiger partial charge in [0.2, 0.25) is 11.8 Å². The minimum Gasteiger partial charge on any atom is -0.403 e. The maximum Gasteiger partial charge on any atom is 0.322 e. The number of carbonyl (C=O) groups is 1.